The predicted octanol–water partition coefficient (Wildman–Crippen LogP) is 3.67. The Hall–Kier alpha value is -3.22. The Labute approximate surface area is 164 Å². The zero-order chi connectivity index (χ0) is 19.5. The van der Waals surface area contributed by atoms with Crippen molar-refractivity contribution in [2.24, 2.45) is 0 Å². The molecule has 2 aromatic carbocycles. The first-order valence-electron chi connectivity index (χ1n) is 9.52. The van der Waals surface area contributed by atoms with Gasteiger partial charge in [-0.2, -0.15) is 0 Å². The molecule has 1 unspecified atom stereocenters. The van der Waals surface area contributed by atoms with Gasteiger partial charge in [-0.05, 0) is 43.2 Å². The van der Waals surface area contributed by atoms with Crippen LogP contribution in [0, 0.1) is 6.92 Å². The van der Waals surface area contributed by atoms with E-state index < -0.39 is 0 Å². The van der Waals surface area contributed by atoms with Crippen LogP contribution in [0.25, 0.3) is 0 Å². The molecule has 1 atom stereocenters. The van der Waals surface area contributed by atoms with Crippen LogP contribution in [-0.4, -0.2) is 49.3 Å². The fraction of sp³-hybridized carbons (Fsp3) is 0.333. The second-order valence-electron chi connectivity index (χ2n) is 7.14. The Kier molecular flexibility index (Phi) is 5.06. The van der Waals surface area contributed by atoms with Crippen molar-refractivity contribution in [3.05, 3.63) is 54.1 Å². The Morgan fingerprint density at radius 2 is 1.96 bits per heavy atom. The number of carbonyl (C=O) groups is 2. The van der Waals surface area contributed by atoms with Gasteiger partial charge in [-0.3, -0.25) is 4.90 Å². The van der Waals surface area contributed by atoms with E-state index in [4.69, 9.17) is 4.74 Å². The molecule has 0 spiro atoms. The quantitative estimate of drug-likeness (QED) is 0.849. The lowest BCUT2D eigenvalue weighted by molar-refractivity contribution is 0.181. The third kappa shape index (κ3) is 3.88. The number of likely N-dealkylation sites (tertiary alicyclic amines) is 1. The van der Waals surface area contributed by atoms with Crippen LogP contribution in [0.15, 0.2) is 48.5 Å². The maximum atomic E-state index is 12.7. The second kappa shape index (κ2) is 7.80. The topological polar surface area (TPSA) is 73.9 Å². The molecule has 3 amide bonds. The lowest BCUT2D eigenvalue weighted by atomic mass is 10.1. The molecule has 0 radical (unpaired) electrons. The third-order valence-corrected chi connectivity index (χ3v) is 5.16. The van der Waals surface area contributed by atoms with E-state index in [1.807, 2.05) is 60.4 Å². The summed E-state index contributed by atoms with van der Waals surface area (Å²) in [6.45, 7) is 4.20. The van der Waals surface area contributed by atoms with Crippen molar-refractivity contribution < 1.29 is 14.3 Å². The summed E-state index contributed by atoms with van der Waals surface area (Å²) in [5, 5.41) is 6.47. The van der Waals surface area contributed by atoms with E-state index in [9.17, 15) is 9.59 Å². The summed E-state index contributed by atoms with van der Waals surface area (Å²) >= 11 is 0. The Bertz CT molecular complexity index is 871. The number of rotatable bonds is 4. The number of ether oxygens (including phenoxy) is 1. The van der Waals surface area contributed by atoms with E-state index in [1.54, 1.807) is 4.90 Å². The van der Waals surface area contributed by atoms with Gasteiger partial charge in [-0.1, -0.05) is 24.3 Å². The van der Waals surface area contributed by atoms with Gasteiger partial charge >= 0.3 is 12.1 Å². The zero-order valence-corrected chi connectivity index (χ0v) is 15.9. The van der Waals surface area contributed by atoms with E-state index in [0.717, 1.165) is 23.4 Å². The van der Waals surface area contributed by atoms with Crippen LogP contribution in [0.3, 0.4) is 0 Å². The van der Waals surface area contributed by atoms with Crippen molar-refractivity contribution in [1.82, 2.24) is 4.90 Å². The Balaban J connectivity index is 1.39. The first-order chi connectivity index (χ1) is 13.6. The summed E-state index contributed by atoms with van der Waals surface area (Å²) in [4.78, 5) is 27.9. The fourth-order valence-corrected chi connectivity index (χ4v) is 3.57. The number of benzene rings is 2. The molecule has 0 aliphatic carbocycles. The molecule has 0 aromatic heterocycles. The number of nitrogens with zero attached hydrogens (tertiary/aromatic N) is 2. The molecule has 146 valence electrons. The van der Waals surface area contributed by atoms with Crippen molar-refractivity contribution in [2.75, 3.05) is 41.8 Å². The maximum Gasteiger partial charge on any atom is 0.414 e. The van der Waals surface area contributed by atoms with Crippen molar-refractivity contribution in [3.63, 3.8) is 0 Å². The van der Waals surface area contributed by atoms with Crippen LogP contribution in [0.2, 0.25) is 0 Å². The predicted molar refractivity (Wildman–Crippen MR) is 109 cm³/mol. The summed E-state index contributed by atoms with van der Waals surface area (Å²) in [6.07, 6.45) is 0.552. The van der Waals surface area contributed by atoms with Crippen molar-refractivity contribution >= 4 is 29.2 Å². The minimum absolute atomic E-state index is 0.124. The number of nitrogens with one attached hydrogen (secondary N) is 2. The van der Waals surface area contributed by atoms with Gasteiger partial charge in [0.15, 0.2) is 0 Å². The SMILES string of the molecule is Cc1ccc(N2CCOC2=O)cc1NC(=O)N1CCC(Nc2ccccc2)C1. The smallest absolute Gasteiger partial charge is 0.414 e. The third-order valence-electron chi connectivity index (χ3n) is 5.16. The highest BCUT2D eigenvalue weighted by atomic mass is 16.6. The normalized spacial score (nSPS) is 18.9. The second-order valence-corrected chi connectivity index (χ2v) is 7.14. The zero-order valence-electron chi connectivity index (χ0n) is 15.9. The summed E-state index contributed by atoms with van der Waals surface area (Å²) < 4.78 is 5.00. The molecule has 2 saturated heterocycles. The number of aryl methyl sites for hydroxylation is 1. The Morgan fingerprint density at radius 3 is 2.71 bits per heavy atom. The fourth-order valence-electron chi connectivity index (χ4n) is 3.57. The lowest BCUT2D eigenvalue weighted by Gasteiger charge is -2.20. The summed E-state index contributed by atoms with van der Waals surface area (Å²) in [5.41, 5.74) is 3.45. The van der Waals surface area contributed by atoms with Crippen molar-refractivity contribution in [1.29, 1.82) is 0 Å². The molecule has 28 heavy (non-hydrogen) atoms. The summed E-state index contributed by atoms with van der Waals surface area (Å²) in [6, 6.07) is 15.7. The van der Waals surface area contributed by atoms with Gasteiger partial charge < -0.3 is 20.3 Å². The van der Waals surface area contributed by atoms with Crippen LogP contribution in [0.4, 0.5) is 26.7 Å². The number of urea groups is 1. The summed E-state index contributed by atoms with van der Waals surface area (Å²) in [5.74, 6) is 0. The highest BCUT2D eigenvalue weighted by Gasteiger charge is 2.27. The van der Waals surface area contributed by atoms with Gasteiger partial charge in [0.1, 0.15) is 6.61 Å². The van der Waals surface area contributed by atoms with E-state index in [-0.39, 0.29) is 18.2 Å². The van der Waals surface area contributed by atoms with E-state index in [2.05, 4.69) is 10.6 Å². The molecule has 2 aromatic rings. The molecule has 7 heteroatoms. The lowest BCUT2D eigenvalue weighted by Crippen LogP contribution is -2.35. The first kappa shape index (κ1) is 18.2. The monoisotopic (exact) mass is 380 g/mol. The number of amides is 3. The van der Waals surface area contributed by atoms with E-state index >= 15 is 0 Å². The molecule has 2 N–H and O–H groups in total. The van der Waals surface area contributed by atoms with Gasteiger partial charge in [0.25, 0.3) is 0 Å². The number of hydrogen-bond acceptors (Lipinski definition) is 4. The van der Waals surface area contributed by atoms with Gasteiger partial charge in [-0.25, -0.2) is 9.59 Å². The molecule has 4 rings (SSSR count). The number of para-hydroxylation sites is 1. The highest BCUT2D eigenvalue weighted by molar-refractivity contribution is 5.94. The standard InChI is InChI=1S/C21H24N4O3/c1-15-7-8-18(25-11-12-28-21(25)27)13-19(15)23-20(26)24-10-9-17(14-24)22-16-5-3-2-4-6-16/h2-8,13,17,22H,9-12,14H2,1H3,(H,23,26). The molecular weight excluding hydrogens is 356 g/mol. The minimum Gasteiger partial charge on any atom is -0.447 e. The van der Waals surface area contributed by atoms with Crippen LogP contribution >= 0.6 is 0 Å². The van der Waals surface area contributed by atoms with Crippen LogP contribution in [-0.2, 0) is 4.74 Å². The van der Waals surface area contributed by atoms with Gasteiger partial charge in [-0.15, -0.1) is 0 Å². The number of carbonyl (C=O) groups excluding carboxylic acids is 2. The number of anilines is 3. The largest absolute Gasteiger partial charge is 0.447 e. The molecule has 7 nitrogen and oxygen atoms in total. The van der Waals surface area contributed by atoms with E-state index in [1.165, 1.54) is 0 Å². The number of cyclic esters (lactones) is 1. The molecule has 2 aliphatic heterocycles. The molecule has 2 aliphatic rings. The van der Waals surface area contributed by atoms with Crippen molar-refractivity contribution in [2.45, 2.75) is 19.4 Å². The Morgan fingerprint density at radius 1 is 1.14 bits per heavy atom. The van der Waals surface area contributed by atoms with Crippen LogP contribution < -0.4 is 15.5 Å². The van der Waals surface area contributed by atoms with E-state index in [0.29, 0.717) is 31.9 Å². The van der Waals surface area contributed by atoms with Gasteiger partial charge in [0.05, 0.1) is 6.54 Å². The molecule has 2 heterocycles. The van der Waals surface area contributed by atoms with Crippen molar-refractivity contribution in [3.8, 4) is 0 Å². The van der Waals surface area contributed by atoms with Crippen LogP contribution in [0.5, 0.6) is 0 Å². The first-order valence-corrected chi connectivity index (χ1v) is 9.52. The average molecular weight is 380 g/mol. The molecule has 2 fully saturated rings. The average Bonchev–Trinajstić information content (AvgIpc) is 3.33. The molecule has 0 saturated carbocycles. The summed E-state index contributed by atoms with van der Waals surface area (Å²) in [7, 11) is 0. The maximum absolute atomic E-state index is 12.7. The van der Waals surface area contributed by atoms with Crippen LogP contribution in [0.1, 0.15) is 12.0 Å². The molecule has 0 bridgehead atoms. The van der Waals surface area contributed by atoms with Gasteiger partial charge in [0.2, 0.25) is 0 Å². The number of hydrogen-bond donors (Lipinski definition) is 2. The van der Waals surface area contributed by atoms with Gasteiger partial charge in [0, 0.05) is 36.2 Å². The molecular formula is C21H24N4O3. The highest BCUT2D eigenvalue weighted by Crippen LogP contribution is 2.26. The minimum atomic E-state index is -0.351.